The Morgan fingerprint density at radius 3 is 2.53 bits per heavy atom. The van der Waals surface area contributed by atoms with Crippen molar-refractivity contribution in [2.75, 3.05) is 19.6 Å². The second kappa shape index (κ2) is 8.40. The average Bonchev–Trinajstić information content (AvgIpc) is 2.61. The minimum Gasteiger partial charge on any atom is -0.329 e. The molecule has 0 radical (unpaired) electrons. The first-order valence-electron chi connectivity index (χ1n) is 5.23. The van der Waals surface area contributed by atoms with Crippen LogP contribution in [0.15, 0.2) is 17.6 Å². The second-order valence-corrected chi connectivity index (χ2v) is 3.26. The third kappa shape index (κ3) is 5.51. The number of nitrogens with zero attached hydrogens (tertiary/aromatic N) is 2. The molecule has 0 amide bonds. The molecule has 5 N–H and O–H groups in total. The summed E-state index contributed by atoms with van der Waals surface area (Å²) in [4.78, 5) is 4.30. The molecule has 1 unspecified atom stereocenters. The van der Waals surface area contributed by atoms with Gasteiger partial charge in [0.2, 0.25) is 0 Å². The van der Waals surface area contributed by atoms with Crippen molar-refractivity contribution in [3.8, 4) is 0 Å². The maximum atomic E-state index is 9.28. The summed E-state index contributed by atoms with van der Waals surface area (Å²) in [6.45, 7) is 7.49. The van der Waals surface area contributed by atoms with Crippen molar-refractivity contribution in [1.29, 1.82) is 0 Å². The summed E-state index contributed by atoms with van der Waals surface area (Å²) in [5.41, 5.74) is 9.81. The van der Waals surface area contributed by atoms with E-state index in [0.717, 1.165) is 12.3 Å². The molecular formula is C10H22N4O. The van der Waals surface area contributed by atoms with Crippen molar-refractivity contribution in [3.63, 3.8) is 0 Å². The summed E-state index contributed by atoms with van der Waals surface area (Å²) >= 11 is 0. The normalized spacial score (nSPS) is 19.3. The predicted octanol–water partition coefficient (Wildman–Crippen LogP) is 0.348. The van der Waals surface area contributed by atoms with E-state index in [1.54, 1.807) is 6.08 Å². The SMILES string of the molecule is C=CCC1=NC(CC)CN1O.NCCN. The summed E-state index contributed by atoms with van der Waals surface area (Å²) < 4.78 is 0. The van der Waals surface area contributed by atoms with Gasteiger partial charge in [-0.05, 0) is 6.42 Å². The first-order valence-corrected chi connectivity index (χ1v) is 5.23. The molecule has 5 nitrogen and oxygen atoms in total. The largest absolute Gasteiger partial charge is 0.329 e. The zero-order chi connectivity index (χ0) is 11.7. The van der Waals surface area contributed by atoms with Gasteiger partial charge in [-0.3, -0.25) is 10.2 Å². The Kier molecular flexibility index (Phi) is 7.89. The summed E-state index contributed by atoms with van der Waals surface area (Å²) in [6.07, 6.45) is 3.39. The van der Waals surface area contributed by atoms with Crippen LogP contribution in [0.5, 0.6) is 0 Å². The molecule has 1 rings (SSSR count). The van der Waals surface area contributed by atoms with E-state index in [1.165, 1.54) is 5.06 Å². The second-order valence-electron chi connectivity index (χ2n) is 3.26. The molecule has 1 aliphatic rings. The van der Waals surface area contributed by atoms with Crippen LogP contribution in [0.4, 0.5) is 0 Å². The molecule has 0 aromatic heterocycles. The fourth-order valence-corrected chi connectivity index (χ4v) is 1.13. The van der Waals surface area contributed by atoms with E-state index >= 15 is 0 Å². The van der Waals surface area contributed by atoms with E-state index in [0.29, 0.717) is 26.1 Å². The van der Waals surface area contributed by atoms with Crippen molar-refractivity contribution in [2.45, 2.75) is 25.8 Å². The standard InChI is InChI=1S/C8H14N2O.C2H8N2/c1-3-5-8-9-7(4-2)6-10(8)11;3-1-2-4/h3,7,11H,1,4-6H2,2H3;1-4H2. The Labute approximate surface area is 91.4 Å². The smallest absolute Gasteiger partial charge is 0.127 e. The highest BCUT2D eigenvalue weighted by Crippen LogP contribution is 2.11. The number of hydrogen-bond donors (Lipinski definition) is 3. The quantitative estimate of drug-likeness (QED) is 0.589. The van der Waals surface area contributed by atoms with Crippen LogP contribution < -0.4 is 11.5 Å². The van der Waals surface area contributed by atoms with Crippen molar-refractivity contribution >= 4 is 5.84 Å². The molecule has 0 spiro atoms. The maximum Gasteiger partial charge on any atom is 0.127 e. The number of nitrogens with two attached hydrogens (primary N) is 2. The van der Waals surface area contributed by atoms with Crippen LogP contribution in [0.25, 0.3) is 0 Å². The lowest BCUT2D eigenvalue weighted by molar-refractivity contribution is -0.00964. The van der Waals surface area contributed by atoms with E-state index in [-0.39, 0.29) is 6.04 Å². The first-order chi connectivity index (χ1) is 7.19. The molecule has 0 aromatic carbocycles. The van der Waals surface area contributed by atoms with E-state index in [1.807, 2.05) is 0 Å². The van der Waals surface area contributed by atoms with Gasteiger partial charge >= 0.3 is 0 Å². The summed E-state index contributed by atoms with van der Waals surface area (Å²) in [5.74, 6) is 0.742. The zero-order valence-electron chi connectivity index (χ0n) is 9.39. The molecule has 15 heavy (non-hydrogen) atoms. The Balaban J connectivity index is 0.000000423. The molecule has 0 fully saturated rings. The van der Waals surface area contributed by atoms with E-state index in [4.69, 9.17) is 11.5 Å². The predicted molar refractivity (Wildman–Crippen MR) is 62.9 cm³/mol. The summed E-state index contributed by atoms with van der Waals surface area (Å²) in [6, 6.07) is 0.273. The molecule has 1 atom stereocenters. The fraction of sp³-hybridized carbons (Fsp3) is 0.700. The maximum absolute atomic E-state index is 9.28. The van der Waals surface area contributed by atoms with Crippen molar-refractivity contribution in [1.82, 2.24) is 5.06 Å². The molecule has 0 aromatic rings. The van der Waals surface area contributed by atoms with Gasteiger partial charge in [-0.15, -0.1) is 6.58 Å². The van der Waals surface area contributed by atoms with E-state index in [9.17, 15) is 5.21 Å². The minimum absolute atomic E-state index is 0.273. The van der Waals surface area contributed by atoms with Crippen molar-refractivity contribution in [2.24, 2.45) is 16.5 Å². The number of amidine groups is 1. The number of aliphatic imine (C=N–C) groups is 1. The molecule has 0 saturated heterocycles. The molecule has 0 saturated carbocycles. The molecule has 1 aliphatic heterocycles. The molecule has 0 aliphatic carbocycles. The minimum atomic E-state index is 0.273. The van der Waals surface area contributed by atoms with Crippen LogP contribution in [0, 0.1) is 0 Å². The molecule has 5 heteroatoms. The van der Waals surface area contributed by atoms with Crippen LogP contribution in [-0.2, 0) is 0 Å². The Morgan fingerprint density at radius 2 is 2.20 bits per heavy atom. The van der Waals surface area contributed by atoms with Gasteiger partial charge in [-0.25, -0.2) is 5.06 Å². The lowest BCUT2D eigenvalue weighted by Crippen LogP contribution is -2.24. The van der Waals surface area contributed by atoms with Crippen molar-refractivity contribution in [3.05, 3.63) is 12.7 Å². The van der Waals surface area contributed by atoms with Crippen LogP contribution in [-0.4, -0.2) is 41.8 Å². The van der Waals surface area contributed by atoms with Gasteiger partial charge in [0.05, 0.1) is 12.6 Å². The van der Waals surface area contributed by atoms with Crippen LogP contribution in [0.3, 0.4) is 0 Å². The average molecular weight is 214 g/mol. The van der Waals surface area contributed by atoms with Gasteiger partial charge in [-0.2, -0.15) is 0 Å². The lowest BCUT2D eigenvalue weighted by Gasteiger charge is -2.09. The van der Waals surface area contributed by atoms with Gasteiger partial charge in [0.15, 0.2) is 0 Å². The zero-order valence-corrected chi connectivity index (χ0v) is 9.39. The van der Waals surface area contributed by atoms with Crippen LogP contribution in [0.1, 0.15) is 19.8 Å². The highest BCUT2D eigenvalue weighted by atomic mass is 16.5. The topological polar surface area (TPSA) is 87.9 Å². The van der Waals surface area contributed by atoms with E-state index in [2.05, 4.69) is 18.5 Å². The lowest BCUT2D eigenvalue weighted by atomic mass is 10.2. The monoisotopic (exact) mass is 214 g/mol. The van der Waals surface area contributed by atoms with Crippen LogP contribution in [0.2, 0.25) is 0 Å². The molecule has 88 valence electrons. The number of hydrogen-bond acceptors (Lipinski definition) is 5. The summed E-state index contributed by atoms with van der Waals surface area (Å²) in [7, 11) is 0. The fourth-order valence-electron chi connectivity index (χ4n) is 1.13. The third-order valence-electron chi connectivity index (χ3n) is 1.98. The summed E-state index contributed by atoms with van der Waals surface area (Å²) in [5, 5.41) is 10.5. The Bertz CT molecular complexity index is 204. The van der Waals surface area contributed by atoms with Gasteiger partial charge < -0.3 is 11.5 Å². The Hall–Kier alpha value is -0.910. The van der Waals surface area contributed by atoms with Gasteiger partial charge in [0.1, 0.15) is 5.84 Å². The number of hydroxylamine groups is 2. The van der Waals surface area contributed by atoms with Gasteiger partial charge in [0, 0.05) is 19.5 Å². The van der Waals surface area contributed by atoms with Gasteiger partial charge in [-0.1, -0.05) is 13.0 Å². The molecule has 0 bridgehead atoms. The van der Waals surface area contributed by atoms with Crippen LogP contribution >= 0.6 is 0 Å². The van der Waals surface area contributed by atoms with Crippen molar-refractivity contribution < 1.29 is 5.21 Å². The Morgan fingerprint density at radius 1 is 1.60 bits per heavy atom. The van der Waals surface area contributed by atoms with E-state index < -0.39 is 0 Å². The van der Waals surface area contributed by atoms with Gasteiger partial charge in [0.25, 0.3) is 0 Å². The first kappa shape index (κ1) is 14.1. The molecular weight excluding hydrogens is 192 g/mol. The third-order valence-corrected chi connectivity index (χ3v) is 1.98. The highest BCUT2D eigenvalue weighted by molar-refractivity contribution is 5.84. The highest BCUT2D eigenvalue weighted by Gasteiger charge is 2.20. The molecule has 1 heterocycles. The number of rotatable bonds is 4.